The molecule has 0 aliphatic heterocycles. The number of aryl methyl sites for hydroxylation is 3. The average Bonchev–Trinajstić information content (AvgIpc) is 3.46. The maximum Gasteiger partial charge on any atom is 0.226 e. The fourth-order valence-electron chi connectivity index (χ4n) is 4.08. The molecule has 6 heteroatoms. The number of thiazole rings is 1. The minimum Gasteiger partial charge on any atom is -0.356 e. The third-order valence-corrected chi connectivity index (χ3v) is 6.75. The molecule has 5 rings (SSSR count). The Hall–Kier alpha value is -3.77. The standard InChI is InChI=1S/C28H25N3O2S/c1-17-4-8-21(9-5-17)24-16-34-28(30-24)22-10-6-20(7-11-22)15-29-26(32)14-23-27-19(3)12-18(2)13-25(27)33-31-23/h4-13,16H,14-15H2,1-3H3,(H,29,32). The molecule has 1 amide bonds. The number of aromatic nitrogens is 2. The summed E-state index contributed by atoms with van der Waals surface area (Å²) >= 11 is 1.63. The Balaban J connectivity index is 1.21. The van der Waals surface area contributed by atoms with Crippen molar-refractivity contribution in [2.45, 2.75) is 33.7 Å². The number of benzene rings is 3. The molecule has 0 aliphatic rings. The molecule has 0 saturated heterocycles. The van der Waals surface area contributed by atoms with Crippen LogP contribution in [-0.2, 0) is 17.8 Å². The third-order valence-electron chi connectivity index (χ3n) is 5.86. The van der Waals surface area contributed by atoms with Crippen molar-refractivity contribution in [3.8, 4) is 21.8 Å². The molecular formula is C28H25N3O2S. The lowest BCUT2D eigenvalue weighted by Crippen LogP contribution is -2.24. The highest BCUT2D eigenvalue weighted by Gasteiger charge is 2.15. The molecule has 0 radical (unpaired) electrons. The zero-order valence-electron chi connectivity index (χ0n) is 19.4. The zero-order chi connectivity index (χ0) is 23.7. The van der Waals surface area contributed by atoms with Gasteiger partial charge in [0.1, 0.15) is 10.7 Å². The van der Waals surface area contributed by atoms with E-state index in [0.717, 1.165) is 49.5 Å². The molecule has 3 aromatic carbocycles. The lowest BCUT2D eigenvalue weighted by atomic mass is 10.0. The van der Waals surface area contributed by atoms with Crippen LogP contribution in [0.25, 0.3) is 32.8 Å². The maximum atomic E-state index is 12.6. The molecule has 0 spiro atoms. The smallest absolute Gasteiger partial charge is 0.226 e. The highest BCUT2D eigenvalue weighted by Crippen LogP contribution is 2.29. The van der Waals surface area contributed by atoms with Crippen LogP contribution >= 0.6 is 11.3 Å². The van der Waals surface area contributed by atoms with Crippen LogP contribution in [0.4, 0.5) is 0 Å². The lowest BCUT2D eigenvalue weighted by molar-refractivity contribution is -0.120. The van der Waals surface area contributed by atoms with Crippen LogP contribution in [0, 0.1) is 20.8 Å². The van der Waals surface area contributed by atoms with E-state index in [1.165, 1.54) is 5.56 Å². The van der Waals surface area contributed by atoms with Crippen LogP contribution in [0.2, 0.25) is 0 Å². The Bertz CT molecular complexity index is 1460. The third kappa shape index (κ3) is 4.63. The number of carbonyl (C=O) groups is 1. The Kier molecular flexibility index (Phi) is 5.99. The molecule has 5 aromatic rings. The van der Waals surface area contributed by atoms with Crippen molar-refractivity contribution in [1.29, 1.82) is 0 Å². The number of carbonyl (C=O) groups excluding carboxylic acids is 1. The van der Waals surface area contributed by atoms with Crippen molar-refractivity contribution in [3.63, 3.8) is 0 Å². The number of nitrogens with one attached hydrogen (secondary N) is 1. The summed E-state index contributed by atoms with van der Waals surface area (Å²) in [5.74, 6) is -0.0816. The van der Waals surface area contributed by atoms with Crippen LogP contribution in [0.5, 0.6) is 0 Å². The summed E-state index contributed by atoms with van der Waals surface area (Å²) in [6.07, 6.45) is 0.190. The summed E-state index contributed by atoms with van der Waals surface area (Å²) in [6.45, 7) is 6.57. The van der Waals surface area contributed by atoms with E-state index in [9.17, 15) is 4.79 Å². The van der Waals surface area contributed by atoms with Crippen molar-refractivity contribution in [1.82, 2.24) is 15.5 Å². The van der Waals surface area contributed by atoms with E-state index in [-0.39, 0.29) is 12.3 Å². The zero-order valence-corrected chi connectivity index (χ0v) is 20.2. The van der Waals surface area contributed by atoms with Crippen LogP contribution in [-0.4, -0.2) is 16.0 Å². The van der Waals surface area contributed by atoms with E-state index >= 15 is 0 Å². The molecule has 1 N–H and O–H groups in total. The first kappa shape index (κ1) is 22.0. The van der Waals surface area contributed by atoms with Gasteiger partial charge in [-0.25, -0.2) is 4.98 Å². The quantitative estimate of drug-likeness (QED) is 0.314. The van der Waals surface area contributed by atoms with Gasteiger partial charge in [-0.1, -0.05) is 65.3 Å². The molecule has 34 heavy (non-hydrogen) atoms. The van der Waals surface area contributed by atoms with E-state index in [2.05, 4.69) is 65.2 Å². The summed E-state index contributed by atoms with van der Waals surface area (Å²) in [5.41, 5.74) is 9.04. The molecule has 5 nitrogen and oxygen atoms in total. The summed E-state index contributed by atoms with van der Waals surface area (Å²) in [6, 6.07) is 20.6. The number of hydrogen-bond acceptors (Lipinski definition) is 5. The number of rotatable bonds is 6. The van der Waals surface area contributed by atoms with Gasteiger partial charge in [0.2, 0.25) is 5.91 Å². The van der Waals surface area contributed by atoms with Gasteiger partial charge < -0.3 is 9.84 Å². The molecule has 2 heterocycles. The van der Waals surface area contributed by atoms with Gasteiger partial charge in [-0.05, 0) is 43.5 Å². The van der Waals surface area contributed by atoms with Crippen molar-refractivity contribution in [3.05, 3.63) is 94.0 Å². The first-order valence-electron chi connectivity index (χ1n) is 11.2. The second-order valence-corrected chi connectivity index (χ2v) is 9.50. The number of hydrogen-bond donors (Lipinski definition) is 1. The average molecular weight is 468 g/mol. The monoisotopic (exact) mass is 467 g/mol. The topological polar surface area (TPSA) is 68.0 Å². The van der Waals surface area contributed by atoms with Gasteiger partial charge in [0, 0.05) is 28.4 Å². The summed E-state index contributed by atoms with van der Waals surface area (Å²) in [7, 11) is 0. The first-order valence-corrected chi connectivity index (χ1v) is 12.1. The summed E-state index contributed by atoms with van der Waals surface area (Å²) < 4.78 is 5.43. The number of fused-ring (bicyclic) bond motifs is 1. The van der Waals surface area contributed by atoms with E-state index in [1.54, 1.807) is 11.3 Å². The highest BCUT2D eigenvalue weighted by atomic mass is 32.1. The first-order chi connectivity index (χ1) is 16.5. The van der Waals surface area contributed by atoms with E-state index in [0.29, 0.717) is 12.2 Å². The predicted octanol–water partition coefficient (Wildman–Crippen LogP) is 6.40. The second-order valence-electron chi connectivity index (χ2n) is 8.64. The Morgan fingerprint density at radius 3 is 2.44 bits per heavy atom. The van der Waals surface area contributed by atoms with Crippen molar-refractivity contribution < 1.29 is 9.32 Å². The fourth-order valence-corrected chi connectivity index (χ4v) is 4.92. The molecular weight excluding hydrogens is 442 g/mol. The minimum atomic E-state index is -0.0816. The normalized spacial score (nSPS) is 11.1. The molecule has 0 atom stereocenters. The second kappa shape index (κ2) is 9.23. The lowest BCUT2D eigenvalue weighted by Gasteiger charge is -2.06. The van der Waals surface area contributed by atoms with E-state index in [4.69, 9.17) is 9.51 Å². The van der Waals surface area contributed by atoms with Crippen molar-refractivity contribution in [2.24, 2.45) is 0 Å². The minimum absolute atomic E-state index is 0.0816. The molecule has 0 unspecified atom stereocenters. The summed E-state index contributed by atoms with van der Waals surface area (Å²) in [5, 5.41) is 11.1. The van der Waals surface area contributed by atoms with Gasteiger partial charge in [0.25, 0.3) is 0 Å². The molecule has 0 bridgehead atoms. The van der Waals surface area contributed by atoms with Gasteiger partial charge in [-0.2, -0.15) is 0 Å². The molecule has 170 valence electrons. The predicted molar refractivity (Wildman–Crippen MR) is 137 cm³/mol. The van der Waals surface area contributed by atoms with E-state index < -0.39 is 0 Å². The van der Waals surface area contributed by atoms with Gasteiger partial charge in [-0.3, -0.25) is 4.79 Å². The van der Waals surface area contributed by atoms with Crippen LogP contribution in [0.15, 0.2) is 70.6 Å². The molecule has 0 aliphatic carbocycles. The number of nitrogens with zero attached hydrogens (tertiary/aromatic N) is 2. The maximum absolute atomic E-state index is 12.6. The van der Waals surface area contributed by atoms with Gasteiger partial charge in [0.05, 0.1) is 12.1 Å². The van der Waals surface area contributed by atoms with Crippen LogP contribution < -0.4 is 5.32 Å². The molecule has 0 saturated carbocycles. The van der Waals surface area contributed by atoms with E-state index in [1.807, 2.05) is 32.0 Å². The Morgan fingerprint density at radius 2 is 1.68 bits per heavy atom. The SMILES string of the molecule is Cc1ccc(-c2csc(-c3ccc(CNC(=O)Cc4noc5cc(C)cc(C)c45)cc3)n2)cc1. The van der Waals surface area contributed by atoms with Gasteiger partial charge >= 0.3 is 0 Å². The summed E-state index contributed by atoms with van der Waals surface area (Å²) in [4.78, 5) is 17.3. The number of amides is 1. The fraction of sp³-hybridized carbons (Fsp3) is 0.179. The highest BCUT2D eigenvalue weighted by molar-refractivity contribution is 7.13. The largest absolute Gasteiger partial charge is 0.356 e. The van der Waals surface area contributed by atoms with Gasteiger partial charge in [-0.15, -0.1) is 11.3 Å². The Labute approximate surface area is 202 Å². The van der Waals surface area contributed by atoms with Crippen LogP contribution in [0.3, 0.4) is 0 Å². The van der Waals surface area contributed by atoms with Crippen molar-refractivity contribution in [2.75, 3.05) is 0 Å². The van der Waals surface area contributed by atoms with Crippen molar-refractivity contribution >= 4 is 28.2 Å². The van der Waals surface area contributed by atoms with Crippen LogP contribution in [0.1, 0.15) is 27.9 Å². The Morgan fingerprint density at radius 1 is 0.941 bits per heavy atom. The van der Waals surface area contributed by atoms with Gasteiger partial charge in [0.15, 0.2) is 5.58 Å². The molecule has 2 aromatic heterocycles. The molecule has 0 fully saturated rings.